The van der Waals surface area contributed by atoms with Crippen molar-refractivity contribution in [1.82, 2.24) is 10.2 Å². The highest BCUT2D eigenvalue weighted by Gasteiger charge is 2.02. The summed E-state index contributed by atoms with van der Waals surface area (Å²) in [5, 5.41) is 13.5. The molecule has 0 aliphatic heterocycles. The monoisotopic (exact) mass is 266 g/mol. The van der Waals surface area contributed by atoms with E-state index in [0.717, 1.165) is 5.57 Å². The number of halogens is 1. The Morgan fingerprint density at radius 2 is 2.45 bits per heavy atom. The lowest BCUT2D eigenvalue weighted by molar-refractivity contribution is 0.903. The summed E-state index contributed by atoms with van der Waals surface area (Å²) in [7, 11) is 1.75. The van der Waals surface area contributed by atoms with Gasteiger partial charge in [-0.15, -0.1) is 0 Å². The van der Waals surface area contributed by atoms with Gasteiger partial charge in [-0.25, -0.2) is 0 Å². The average molecular weight is 266 g/mol. The van der Waals surface area contributed by atoms with Crippen LogP contribution >= 0.6 is 22.6 Å². The van der Waals surface area contributed by atoms with Gasteiger partial charge in [0.25, 0.3) is 0 Å². The predicted octanol–water partition coefficient (Wildman–Crippen LogP) is 1.05. The summed E-state index contributed by atoms with van der Waals surface area (Å²) in [5.74, 6) is 0. The molecule has 0 aromatic rings. The van der Waals surface area contributed by atoms with Gasteiger partial charge in [-0.1, -0.05) is 0 Å². The van der Waals surface area contributed by atoms with Crippen LogP contribution in [0, 0.1) is 10.9 Å². The fourth-order valence-electron chi connectivity index (χ4n) is 0.464. The maximum Gasteiger partial charge on any atom is 0.214 e. The molecule has 3 N–H and O–H groups in total. The van der Waals surface area contributed by atoms with Crippen molar-refractivity contribution in [3.8, 4) is 0 Å². The van der Waals surface area contributed by atoms with Gasteiger partial charge in [0.15, 0.2) is 6.54 Å². The first-order valence-electron chi connectivity index (χ1n) is 2.86. The van der Waals surface area contributed by atoms with Crippen LogP contribution in [0.5, 0.6) is 0 Å². The summed E-state index contributed by atoms with van der Waals surface area (Å²) < 4.78 is 0.407. The molecular formula is C5H9IN5+. The quantitative estimate of drug-likeness (QED) is 0.302. The van der Waals surface area contributed by atoms with Crippen molar-refractivity contribution in [2.24, 2.45) is 5.11 Å². The normalized spacial score (nSPS) is 10.2. The first-order chi connectivity index (χ1) is 5.22. The fourth-order valence-corrected chi connectivity index (χ4v) is 0.790. The summed E-state index contributed by atoms with van der Waals surface area (Å²) in [5.41, 5.74) is 7.13. The zero-order valence-corrected chi connectivity index (χ0v) is 8.21. The Hall–Kier alpha value is -0.750. The molecule has 60 valence electrons. The van der Waals surface area contributed by atoms with E-state index >= 15 is 0 Å². The molecule has 0 bridgehead atoms. The smallest absolute Gasteiger partial charge is 0.214 e. The van der Waals surface area contributed by atoms with Crippen molar-refractivity contribution < 1.29 is 0 Å². The van der Waals surface area contributed by atoms with Gasteiger partial charge in [-0.3, -0.25) is 5.41 Å². The largest absolute Gasteiger partial charge is 0.394 e. The molecule has 0 radical (unpaired) electrons. The minimum absolute atomic E-state index is 0.284. The Morgan fingerprint density at radius 3 is 2.82 bits per heavy atom. The van der Waals surface area contributed by atoms with Gasteiger partial charge in [0, 0.05) is 18.8 Å². The zero-order valence-electron chi connectivity index (χ0n) is 6.06. The second kappa shape index (κ2) is 5.99. The Labute approximate surface area is 78.1 Å². The van der Waals surface area contributed by atoms with Crippen LogP contribution in [-0.2, 0) is 0 Å². The summed E-state index contributed by atoms with van der Waals surface area (Å²) in [6.07, 6.45) is 1.67. The predicted molar refractivity (Wildman–Crippen MR) is 51.0 cm³/mol. The maximum absolute atomic E-state index is 7.25. The molecule has 0 atom stereocenters. The van der Waals surface area contributed by atoms with E-state index in [0.29, 0.717) is 3.72 Å². The Balaban J connectivity index is 4.22. The van der Waals surface area contributed by atoms with Gasteiger partial charge in [0.2, 0.25) is 4.91 Å². The molecular weight excluding hydrogens is 257 g/mol. The standard InChI is InChI=1S/C5H9IN5/c1-9-2-4(5(6)7)3-10-11-8/h2,7-9H,3H2,1H3/q+1/b4-2-,7-5?. The van der Waals surface area contributed by atoms with Gasteiger partial charge in [-0.2, -0.15) is 0 Å². The molecule has 0 saturated heterocycles. The first-order valence-corrected chi connectivity index (χ1v) is 3.94. The van der Waals surface area contributed by atoms with E-state index in [1.165, 1.54) is 0 Å². The summed E-state index contributed by atoms with van der Waals surface area (Å²) in [4.78, 5) is 2.85. The van der Waals surface area contributed by atoms with E-state index in [2.05, 4.69) is 15.3 Å². The molecule has 11 heavy (non-hydrogen) atoms. The molecule has 0 spiro atoms. The van der Waals surface area contributed by atoms with E-state index in [-0.39, 0.29) is 6.54 Å². The highest BCUT2D eigenvalue weighted by atomic mass is 127. The molecule has 0 heterocycles. The third-order valence-corrected chi connectivity index (χ3v) is 1.61. The second-order valence-electron chi connectivity index (χ2n) is 1.67. The molecule has 0 aromatic heterocycles. The van der Waals surface area contributed by atoms with Crippen molar-refractivity contribution in [3.63, 3.8) is 0 Å². The SMILES string of the molecule is CN/C=C(/CN=[N+]=N)C(=N)I. The molecule has 0 unspecified atom stereocenters. The van der Waals surface area contributed by atoms with Crippen LogP contribution in [0.15, 0.2) is 16.9 Å². The highest BCUT2D eigenvalue weighted by molar-refractivity contribution is 14.1. The van der Waals surface area contributed by atoms with Crippen LogP contribution in [0.4, 0.5) is 0 Å². The number of hydrogen-bond donors (Lipinski definition) is 3. The lowest BCUT2D eigenvalue weighted by Gasteiger charge is -1.94. The van der Waals surface area contributed by atoms with Crippen LogP contribution in [-0.4, -0.2) is 17.3 Å². The topological polar surface area (TPSA) is 86.2 Å². The maximum atomic E-state index is 7.25. The molecule has 0 fully saturated rings. The van der Waals surface area contributed by atoms with Gasteiger partial charge >= 0.3 is 0 Å². The number of hydrogen-bond acceptors (Lipinski definition) is 4. The molecule has 0 aromatic carbocycles. The Kier molecular flexibility index (Phi) is 5.58. The van der Waals surface area contributed by atoms with E-state index in [1.807, 2.05) is 22.6 Å². The van der Waals surface area contributed by atoms with E-state index in [4.69, 9.17) is 10.9 Å². The molecule has 0 amide bonds. The van der Waals surface area contributed by atoms with Gasteiger partial charge < -0.3 is 5.32 Å². The Morgan fingerprint density at radius 1 is 1.82 bits per heavy atom. The number of nitrogens with one attached hydrogen (secondary N) is 3. The van der Waals surface area contributed by atoms with Gasteiger partial charge in [0.1, 0.15) is 10.6 Å². The number of nitrogens with zero attached hydrogens (tertiary/aromatic N) is 2. The van der Waals surface area contributed by atoms with E-state index in [9.17, 15) is 0 Å². The minimum atomic E-state index is 0.284. The lowest BCUT2D eigenvalue weighted by Crippen LogP contribution is -2.03. The van der Waals surface area contributed by atoms with Crippen LogP contribution in [0.2, 0.25) is 0 Å². The summed E-state index contributed by atoms with van der Waals surface area (Å²) >= 11 is 1.88. The van der Waals surface area contributed by atoms with Crippen LogP contribution in [0.25, 0.3) is 0 Å². The summed E-state index contributed by atoms with van der Waals surface area (Å²) in [6.45, 7) is 0.284. The molecule has 6 heteroatoms. The molecule has 0 aliphatic carbocycles. The minimum Gasteiger partial charge on any atom is -0.394 e. The van der Waals surface area contributed by atoms with Crippen LogP contribution in [0.1, 0.15) is 0 Å². The molecule has 5 nitrogen and oxygen atoms in total. The van der Waals surface area contributed by atoms with Crippen molar-refractivity contribution in [2.45, 2.75) is 0 Å². The lowest BCUT2D eigenvalue weighted by atomic mass is 10.3. The van der Waals surface area contributed by atoms with Crippen molar-refractivity contribution >= 4 is 26.3 Å². The molecule has 0 rings (SSSR count). The fraction of sp³-hybridized carbons (Fsp3) is 0.400. The van der Waals surface area contributed by atoms with Crippen molar-refractivity contribution in [1.29, 1.82) is 10.9 Å². The average Bonchev–Trinajstić information content (AvgIpc) is 1.97. The van der Waals surface area contributed by atoms with Crippen LogP contribution < -0.4 is 10.2 Å². The highest BCUT2D eigenvalue weighted by Crippen LogP contribution is 2.02. The summed E-state index contributed by atoms with van der Waals surface area (Å²) in [6, 6.07) is 0. The third-order valence-electron chi connectivity index (χ3n) is 0.912. The number of rotatable bonds is 4. The van der Waals surface area contributed by atoms with Crippen LogP contribution in [0.3, 0.4) is 0 Å². The van der Waals surface area contributed by atoms with Crippen molar-refractivity contribution in [2.75, 3.05) is 13.6 Å². The van der Waals surface area contributed by atoms with Gasteiger partial charge in [0.05, 0.1) is 3.72 Å². The van der Waals surface area contributed by atoms with Gasteiger partial charge in [-0.05, 0) is 22.6 Å². The zero-order chi connectivity index (χ0) is 8.69. The molecule has 0 aliphatic rings. The van der Waals surface area contributed by atoms with Crippen molar-refractivity contribution in [3.05, 3.63) is 11.8 Å². The third kappa shape index (κ3) is 4.63. The Bertz CT molecular complexity index is 215. The van der Waals surface area contributed by atoms with E-state index in [1.54, 1.807) is 13.2 Å². The molecule has 0 saturated carbocycles. The second-order valence-corrected chi connectivity index (χ2v) is 2.75. The van der Waals surface area contributed by atoms with E-state index < -0.39 is 0 Å². The first kappa shape index (κ1) is 10.2.